The molecule has 0 amide bonds. The Bertz CT molecular complexity index is 316. The van der Waals surface area contributed by atoms with Gasteiger partial charge in [0.05, 0.1) is 0 Å². The number of halogens is 1. The van der Waals surface area contributed by atoms with Crippen molar-refractivity contribution >= 4 is 11.6 Å². The minimum atomic E-state index is 0.378. The van der Waals surface area contributed by atoms with Crippen LogP contribution in [0.5, 0.6) is 0 Å². The third-order valence-electron chi connectivity index (χ3n) is 3.64. The molecule has 0 aromatic heterocycles. The van der Waals surface area contributed by atoms with E-state index in [1.165, 1.54) is 18.4 Å². The van der Waals surface area contributed by atoms with E-state index in [2.05, 4.69) is 45.1 Å². The number of rotatable bonds is 6. The fourth-order valence-electron chi connectivity index (χ4n) is 2.37. The molecule has 0 fully saturated rings. The second-order valence-corrected chi connectivity index (χ2v) is 5.24. The van der Waals surface area contributed by atoms with Crippen LogP contribution in [-0.4, -0.2) is 6.04 Å². The Morgan fingerprint density at radius 2 is 1.59 bits per heavy atom. The summed E-state index contributed by atoms with van der Waals surface area (Å²) >= 11 is 5.90. The number of benzene rings is 1. The van der Waals surface area contributed by atoms with Gasteiger partial charge in [-0.15, -0.1) is 0 Å². The summed E-state index contributed by atoms with van der Waals surface area (Å²) < 4.78 is 0. The first-order chi connectivity index (χ1) is 8.08. The second kappa shape index (κ2) is 7.03. The van der Waals surface area contributed by atoms with Gasteiger partial charge in [-0.3, -0.25) is 0 Å². The molecule has 0 heterocycles. The Kier molecular flexibility index (Phi) is 6.01. The maximum atomic E-state index is 5.90. The normalized spacial score (nSPS) is 14.9. The Hall–Kier alpha value is -0.530. The molecule has 0 saturated heterocycles. The van der Waals surface area contributed by atoms with E-state index in [0.29, 0.717) is 12.1 Å². The fourth-order valence-corrected chi connectivity index (χ4v) is 2.50. The summed E-state index contributed by atoms with van der Waals surface area (Å²) in [6, 6.07) is 9.03. The summed E-state index contributed by atoms with van der Waals surface area (Å²) in [5, 5.41) is 4.47. The van der Waals surface area contributed by atoms with Crippen molar-refractivity contribution in [1.82, 2.24) is 5.32 Å². The highest BCUT2D eigenvalue weighted by Crippen LogP contribution is 2.20. The van der Waals surface area contributed by atoms with Crippen LogP contribution in [0.1, 0.15) is 52.1 Å². The summed E-state index contributed by atoms with van der Waals surface area (Å²) in [6.07, 6.45) is 2.47. The van der Waals surface area contributed by atoms with Gasteiger partial charge < -0.3 is 5.32 Å². The van der Waals surface area contributed by atoms with E-state index in [-0.39, 0.29) is 0 Å². The van der Waals surface area contributed by atoms with Crippen LogP contribution in [0.25, 0.3) is 0 Å². The lowest BCUT2D eigenvalue weighted by Gasteiger charge is -2.26. The molecule has 0 bridgehead atoms. The topological polar surface area (TPSA) is 12.0 Å². The first-order valence-corrected chi connectivity index (χ1v) is 6.97. The molecule has 1 aromatic rings. The molecule has 2 heteroatoms. The summed E-state index contributed by atoms with van der Waals surface area (Å²) in [5.74, 6) is 0.754. The largest absolute Gasteiger partial charge is 0.307 e. The van der Waals surface area contributed by atoms with Crippen LogP contribution >= 0.6 is 11.6 Å². The van der Waals surface area contributed by atoms with Crippen molar-refractivity contribution in [2.45, 2.75) is 52.6 Å². The number of hydrogen-bond acceptors (Lipinski definition) is 1. The third-order valence-corrected chi connectivity index (χ3v) is 3.89. The molecule has 1 N–H and O–H groups in total. The molecule has 0 aliphatic rings. The van der Waals surface area contributed by atoms with Gasteiger partial charge in [-0.05, 0) is 37.5 Å². The zero-order valence-corrected chi connectivity index (χ0v) is 12.1. The van der Waals surface area contributed by atoms with Crippen LogP contribution in [-0.2, 0) is 0 Å². The molecule has 17 heavy (non-hydrogen) atoms. The van der Waals surface area contributed by atoms with E-state index < -0.39 is 0 Å². The molecular weight excluding hydrogens is 230 g/mol. The number of hydrogen-bond donors (Lipinski definition) is 1. The van der Waals surface area contributed by atoms with Crippen molar-refractivity contribution in [3.05, 3.63) is 34.9 Å². The van der Waals surface area contributed by atoms with Crippen molar-refractivity contribution in [2.24, 2.45) is 5.92 Å². The van der Waals surface area contributed by atoms with Crippen molar-refractivity contribution in [3.63, 3.8) is 0 Å². The zero-order valence-electron chi connectivity index (χ0n) is 11.3. The zero-order chi connectivity index (χ0) is 12.8. The van der Waals surface area contributed by atoms with Gasteiger partial charge in [0.1, 0.15) is 0 Å². The second-order valence-electron chi connectivity index (χ2n) is 4.81. The van der Waals surface area contributed by atoms with Gasteiger partial charge in [0.15, 0.2) is 0 Å². The lowest BCUT2D eigenvalue weighted by atomic mass is 9.94. The Morgan fingerprint density at radius 1 is 1.06 bits per heavy atom. The van der Waals surface area contributed by atoms with E-state index in [9.17, 15) is 0 Å². The van der Waals surface area contributed by atoms with Crippen LogP contribution in [0.15, 0.2) is 24.3 Å². The highest BCUT2D eigenvalue weighted by molar-refractivity contribution is 6.30. The fraction of sp³-hybridized carbons (Fsp3) is 0.600. The Labute approximate surface area is 111 Å². The van der Waals surface area contributed by atoms with Crippen molar-refractivity contribution in [3.8, 4) is 0 Å². The van der Waals surface area contributed by atoms with E-state index in [1.807, 2.05) is 12.1 Å². The SMILES string of the molecule is CCC(CC)C(C)NC(C)c1ccc(Cl)cc1. The van der Waals surface area contributed by atoms with E-state index in [0.717, 1.165) is 10.9 Å². The first-order valence-electron chi connectivity index (χ1n) is 6.60. The monoisotopic (exact) mass is 253 g/mol. The molecule has 0 spiro atoms. The smallest absolute Gasteiger partial charge is 0.0406 e. The predicted octanol–water partition coefficient (Wildman–Crippen LogP) is 4.82. The molecule has 0 aliphatic heterocycles. The summed E-state index contributed by atoms with van der Waals surface area (Å²) in [6.45, 7) is 9.02. The molecular formula is C15H24ClN. The highest BCUT2D eigenvalue weighted by atomic mass is 35.5. The van der Waals surface area contributed by atoms with Gasteiger partial charge in [0.2, 0.25) is 0 Å². The van der Waals surface area contributed by atoms with E-state index in [1.54, 1.807) is 0 Å². The van der Waals surface area contributed by atoms with Crippen molar-refractivity contribution in [1.29, 1.82) is 0 Å². The maximum Gasteiger partial charge on any atom is 0.0406 e. The van der Waals surface area contributed by atoms with E-state index in [4.69, 9.17) is 11.6 Å². The molecule has 0 radical (unpaired) electrons. The van der Waals surface area contributed by atoms with Gasteiger partial charge in [0, 0.05) is 17.1 Å². The molecule has 2 atom stereocenters. The molecule has 96 valence electrons. The van der Waals surface area contributed by atoms with Gasteiger partial charge in [-0.1, -0.05) is 50.4 Å². The van der Waals surface area contributed by atoms with Crippen molar-refractivity contribution < 1.29 is 0 Å². The van der Waals surface area contributed by atoms with Crippen molar-refractivity contribution in [2.75, 3.05) is 0 Å². The first kappa shape index (κ1) is 14.5. The highest BCUT2D eigenvalue weighted by Gasteiger charge is 2.16. The standard InChI is InChI=1S/C15H24ClN/c1-5-13(6-2)11(3)17-12(4)14-7-9-15(16)10-8-14/h7-13,17H,5-6H2,1-4H3. The lowest BCUT2D eigenvalue weighted by Crippen LogP contribution is -2.34. The molecule has 1 rings (SSSR count). The van der Waals surface area contributed by atoms with E-state index >= 15 is 0 Å². The minimum absolute atomic E-state index is 0.378. The predicted molar refractivity (Wildman–Crippen MR) is 76.5 cm³/mol. The summed E-state index contributed by atoms with van der Waals surface area (Å²) in [5.41, 5.74) is 1.30. The molecule has 2 unspecified atom stereocenters. The van der Waals surface area contributed by atoms with Crippen LogP contribution in [0.4, 0.5) is 0 Å². The number of nitrogens with one attached hydrogen (secondary N) is 1. The van der Waals surface area contributed by atoms with Gasteiger partial charge in [-0.25, -0.2) is 0 Å². The van der Waals surface area contributed by atoms with Crippen LogP contribution in [0, 0.1) is 5.92 Å². The molecule has 0 aliphatic carbocycles. The Balaban J connectivity index is 2.59. The quantitative estimate of drug-likeness (QED) is 0.767. The molecule has 0 saturated carbocycles. The lowest BCUT2D eigenvalue weighted by molar-refractivity contribution is 0.330. The minimum Gasteiger partial charge on any atom is -0.307 e. The van der Waals surface area contributed by atoms with Crippen LogP contribution < -0.4 is 5.32 Å². The summed E-state index contributed by atoms with van der Waals surface area (Å²) in [7, 11) is 0. The van der Waals surface area contributed by atoms with Crippen LogP contribution in [0.3, 0.4) is 0 Å². The third kappa shape index (κ3) is 4.33. The average Bonchev–Trinajstić information content (AvgIpc) is 2.31. The van der Waals surface area contributed by atoms with Gasteiger partial charge in [-0.2, -0.15) is 0 Å². The molecule has 1 aromatic carbocycles. The summed E-state index contributed by atoms with van der Waals surface area (Å²) in [4.78, 5) is 0. The Morgan fingerprint density at radius 3 is 2.06 bits per heavy atom. The average molecular weight is 254 g/mol. The van der Waals surface area contributed by atoms with Gasteiger partial charge >= 0.3 is 0 Å². The van der Waals surface area contributed by atoms with Gasteiger partial charge in [0.25, 0.3) is 0 Å². The van der Waals surface area contributed by atoms with Crippen LogP contribution in [0.2, 0.25) is 5.02 Å². The molecule has 1 nitrogen and oxygen atoms in total. The maximum absolute atomic E-state index is 5.90.